The van der Waals surface area contributed by atoms with Gasteiger partial charge in [0.1, 0.15) is 0 Å². The van der Waals surface area contributed by atoms with E-state index in [1.54, 1.807) is 4.90 Å². The summed E-state index contributed by atoms with van der Waals surface area (Å²) in [4.78, 5) is 24.3. The van der Waals surface area contributed by atoms with Crippen LogP contribution < -0.4 is 5.32 Å². The standard InChI is InChI=1S/C17H19N3O3/c1-13(2)19(12-14-6-4-3-5-7-14)17(21)18-15-8-10-16(11-9-15)20(22)23/h3-11,13H,12H2,1-2H3,(H,18,21). The fourth-order valence-corrected chi connectivity index (χ4v) is 2.13. The van der Waals surface area contributed by atoms with Crippen LogP contribution in [0.15, 0.2) is 54.6 Å². The predicted octanol–water partition coefficient (Wildman–Crippen LogP) is 4.04. The second kappa shape index (κ2) is 7.40. The molecule has 0 unspecified atom stereocenters. The van der Waals surface area contributed by atoms with Crippen LogP contribution in [0.1, 0.15) is 19.4 Å². The molecular weight excluding hydrogens is 294 g/mol. The summed E-state index contributed by atoms with van der Waals surface area (Å²) in [5.74, 6) is 0. The van der Waals surface area contributed by atoms with Gasteiger partial charge in [0.15, 0.2) is 0 Å². The van der Waals surface area contributed by atoms with E-state index >= 15 is 0 Å². The summed E-state index contributed by atoms with van der Waals surface area (Å²) in [6.45, 7) is 4.38. The summed E-state index contributed by atoms with van der Waals surface area (Å²) in [7, 11) is 0. The second-order valence-electron chi connectivity index (χ2n) is 5.44. The third kappa shape index (κ3) is 4.54. The number of anilines is 1. The maximum atomic E-state index is 12.5. The zero-order valence-corrected chi connectivity index (χ0v) is 13.1. The lowest BCUT2D eigenvalue weighted by Crippen LogP contribution is -2.39. The average molecular weight is 313 g/mol. The van der Waals surface area contributed by atoms with Crippen molar-refractivity contribution in [3.8, 4) is 0 Å². The SMILES string of the molecule is CC(C)N(Cc1ccccc1)C(=O)Nc1ccc([N+](=O)[O-])cc1. The molecular formula is C17H19N3O3. The Bertz CT molecular complexity index is 669. The minimum atomic E-state index is -0.471. The van der Waals surface area contributed by atoms with Crippen LogP contribution in [0, 0.1) is 10.1 Å². The number of rotatable bonds is 5. The highest BCUT2D eigenvalue weighted by molar-refractivity contribution is 5.89. The highest BCUT2D eigenvalue weighted by Gasteiger charge is 2.17. The molecule has 0 atom stereocenters. The van der Waals surface area contributed by atoms with Crippen molar-refractivity contribution in [1.29, 1.82) is 0 Å². The summed E-state index contributed by atoms with van der Waals surface area (Å²) in [6.07, 6.45) is 0. The van der Waals surface area contributed by atoms with Crippen molar-refractivity contribution in [2.24, 2.45) is 0 Å². The van der Waals surface area contributed by atoms with Crippen molar-refractivity contribution in [2.75, 3.05) is 5.32 Å². The second-order valence-corrected chi connectivity index (χ2v) is 5.44. The van der Waals surface area contributed by atoms with Gasteiger partial charge in [0, 0.05) is 30.4 Å². The highest BCUT2D eigenvalue weighted by Crippen LogP contribution is 2.17. The van der Waals surface area contributed by atoms with Crippen molar-refractivity contribution in [1.82, 2.24) is 4.90 Å². The molecule has 2 aromatic carbocycles. The van der Waals surface area contributed by atoms with Gasteiger partial charge in [-0.2, -0.15) is 0 Å². The Morgan fingerprint density at radius 2 is 1.74 bits per heavy atom. The molecule has 0 radical (unpaired) electrons. The predicted molar refractivity (Wildman–Crippen MR) is 89.2 cm³/mol. The molecule has 6 nitrogen and oxygen atoms in total. The Balaban J connectivity index is 2.07. The van der Waals surface area contributed by atoms with E-state index in [9.17, 15) is 14.9 Å². The van der Waals surface area contributed by atoms with Crippen molar-refractivity contribution >= 4 is 17.4 Å². The molecule has 2 rings (SSSR count). The van der Waals surface area contributed by atoms with Gasteiger partial charge in [-0.15, -0.1) is 0 Å². The summed E-state index contributed by atoms with van der Waals surface area (Å²) in [6, 6.07) is 15.3. The number of benzene rings is 2. The molecule has 0 aliphatic heterocycles. The van der Waals surface area contributed by atoms with E-state index in [0.29, 0.717) is 12.2 Å². The number of nitro benzene ring substituents is 1. The van der Waals surface area contributed by atoms with Crippen molar-refractivity contribution < 1.29 is 9.72 Å². The van der Waals surface area contributed by atoms with Gasteiger partial charge in [-0.25, -0.2) is 4.79 Å². The van der Waals surface area contributed by atoms with Gasteiger partial charge >= 0.3 is 6.03 Å². The number of amides is 2. The van der Waals surface area contributed by atoms with E-state index in [1.807, 2.05) is 44.2 Å². The molecule has 2 amide bonds. The van der Waals surface area contributed by atoms with Gasteiger partial charge in [0.2, 0.25) is 0 Å². The van der Waals surface area contributed by atoms with Crippen molar-refractivity contribution in [3.05, 3.63) is 70.3 Å². The van der Waals surface area contributed by atoms with E-state index in [4.69, 9.17) is 0 Å². The van der Waals surface area contributed by atoms with Gasteiger partial charge in [0.05, 0.1) is 4.92 Å². The normalized spacial score (nSPS) is 10.4. The van der Waals surface area contributed by atoms with Crippen LogP contribution >= 0.6 is 0 Å². The van der Waals surface area contributed by atoms with Gasteiger partial charge in [0.25, 0.3) is 5.69 Å². The Hall–Kier alpha value is -2.89. The fourth-order valence-electron chi connectivity index (χ4n) is 2.13. The molecule has 0 fully saturated rings. The molecule has 0 saturated heterocycles. The smallest absolute Gasteiger partial charge is 0.318 e. The molecule has 23 heavy (non-hydrogen) atoms. The van der Waals surface area contributed by atoms with Gasteiger partial charge < -0.3 is 10.2 Å². The summed E-state index contributed by atoms with van der Waals surface area (Å²) in [5, 5.41) is 13.4. The van der Waals surface area contributed by atoms with E-state index in [0.717, 1.165) is 5.56 Å². The first kappa shape index (κ1) is 16.5. The number of urea groups is 1. The summed E-state index contributed by atoms with van der Waals surface area (Å²) in [5.41, 5.74) is 1.56. The minimum absolute atomic E-state index is 0.00648. The summed E-state index contributed by atoms with van der Waals surface area (Å²) < 4.78 is 0. The van der Waals surface area contributed by atoms with Crippen LogP contribution in [0.4, 0.5) is 16.2 Å². The lowest BCUT2D eigenvalue weighted by atomic mass is 10.2. The van der Waals surface area contributed by atoms with E-state index in [2.05, 4.69) is 5.32 Å². The molecule has 2 aromatic rings. The molecule has 0 spiro atoms. The average Bonchev–Trinajstić information content (AvgIpc) is 2.53. The number of hydrogen-bond donors (Lipinski definition) is 1. The van der Waals surface area contributed by atoms with E-state index in [1.165, 1.54) is 24.3 Å². The highest BCUT2D eigenvalue weighted by atomic mass is 16.6. The number of hydrogen-bond acceptors (Lipinski definition) is 3. The molecule has 0 aliphatic rings. The lowest BCUT2D eigenvalue weighted by molar-refractivity contribution is -0.384. The Labute approximate surface area is 134 Å². The Morgan fingerprint density at radius 1 is 1.13 bits per heavy atom. The number of non-ortho nitro benzene ring substituents is 1. The van der Waals surface area contributed by atoms with Gasteiger partial charge in [-0.3, -0.25) is 10.1 Å². The topological polar surface area (TPSA) is 75.5 Å². The van der Waals surface area contributed by atoms with Crippen molar-refractivity contribution in [2.45, 2.75) is 26.4 Å². The van der Waals surface area contributed by atoms with Crippen LogP contribution in [0.25, 0.3) is 0 Å². The summed E-state index contributed by atoms with van der Waals surface area (Å²) >= 11 is 0. The molecule has 1 N–H and O–H groups in total. The first-order valence-corrected chi connectivity index (χ1v) is 7.33. The molecule has 0 heterocycles. The lowest BCUT2D eigenvalue weighted by Gasteiger charge is -2.27. The third-order valence-electron chi connectivity index (χ3n) is 3.41. The van der Waals surface area contributed by atoms with Crippen LogP contribution in [-0.4, -0.2) is 21.9 Å². The third-order valence-corrected chi connectivity index (χ3v) is 3.41. The molecule has 0 aliphatic carbocycles. The number of nitrogens with one attached hydrogen (secondary N) is 1. The molecule has 6 heteroatoms. The fraction of sp³-hybridized carbons (Fsp3) is 0.235. The number of carbonyl (C=O) groups is 1. The Morgan fingerprint density at radius 3 is 2.26 bits per heavy atom. The van der Waals surface area contributed by atoms with Crippen LogP contribution in [0.2, 0.25) is 0 Å². The molecule has 0 aromatic heterocycles. The van der Waals surface area contributed by atoms with E-state index in [-0.39, 0.29) is 17.8 Å². The zero-order valence-electron chi connectivity index (χ0n) is 13.1. The maximum Gasteiger partial charge on any atom is 0.322 e. The first-order chi connectivity index (χ1) is 11.0. The minimum Gasteiger partial charge on any atom is -0.318 e. The molecule has 0 bridgehead atoms. The van der Waals surface area contributed by atoms with Crippen molar-refractivity contribution in [3.63, 3.8) is 0 Å². The monoisotopic (exact) mass is 313 g/mol. The Kier molecular flexibility index (Phi) is 5.30. The first-order valence-electron chi connectivity index (χ1n) is 7.33. The van der Waals surface area contributed by atoms with E-state index < -0.39 is 4.92 Å². The van der Waals surface area contributed by atoms with Gasteiger partial charge in [-0.05, 0) is 31.5 Å². The van der Waals surface area contributed by atoms with Gasteiger partial charge in [-0.1, -0.05) is 30.3 Å². The zero-order chi connectivity index (χ0) is 16.8. The molecule has 0 saturated carbocycles. The largest absolute Gasteiger partial charge is 0.322 e. The molecule has 120 valence electrons. The number of nitro groups is 1. The quantitative estimate of drug-likeness (QED) is 0.668. The van der Waals surface area contributed by atoms with Crippen LogP contribution in [0.5, 0.6) is 0 Å². The maximum absolute atomic E-state index is 12.5. The van der Waals surface area contributed by atoms with Crippen LogP contribution in [0.3, 0.4) is 0 Å². The number of carbonyl (C=O) groups excluding carboxylic acids is 1. The number of nitrogens with zero attached hydrogens (tertiary/aromatic N) is 2. The van der Waals surface area contributed by atoms with Crippen LogP contribution in [-0.2, 0) is 6.54 Å².